The van der Waals surface area contributed by atoms with Crippen LogP contribution in [0.2, 0.25) is 12.1 Å². The van der Waals surface area contributed by atoms with E-state index in [1.54, 1.807) is 0 Å². The quantitative estimate of drug-likeness (QED) is 0.316. The van der Waals surface area contributed by atoms with Crippen molar-refractivity contribution >= 4 is 32.4 Å². The summed E-state index contributed by atoms with van der Waals surface area (Å²) in [6.07, 6.45) is 7.90. The monoisotopic (exact) mass is 284 g/mol. The van der Waals surface area contributed by atoms with E-state index in [0.717, 1.165) is 0 Å². The van der Waals surface area contributed by atoms with E-state index in [9.17, 15) is 0 Å². The topological polar surface area (TPSA) is 0 Å². The largest absolute Gasteiger partial charge is 0.226 e. The molecule has 0 heterocycles. The molecule has 0 amide bonds. The fourth-order valence-corrected chi connectivity index (χ4v) is 5.74. The summed E-state index contributed by atoms with van der Waals surface area (Å²) in [6, 6.07) is 0.988. The average Bonchev–Trinajstić information content (AvgIpc) is 2.09. The van der Waals surface area contributed by atoms with Gasteiger partial charge in [-0.15, -0.1) is 15.3 Å². The highest BCUT2D eigenvalue weighted by Gasteiger charge is 2.25. The van der Waals surface area contributed by atoms with E-state index in [-0.39, 0.29) is 0 Å². The molecule has 0 nitrogen and oxygen atoms in total. The molecule has 1 unspecified atom stereocenters. The van der Waals surface area contributed by atoms with Crippen LogP contribution in [-0.4, -0.2) is 6.00 Å². The molecule has 3 heteroatoms. The number of hydrogen-bond acceptors (Lipinski definition) is 0. The summed E-state index contributed by atoms with van der Waals surface area (Å²) < 4.78 is 0. The number of halogens is 2. The fraction of sp³-hybridized carbons (Fsp3) is 1.00. The van der Waals surface area contributed by atoms with Crippen molar-refractivity contribution in [3.63, 3.8) is 0 Å². The summed E-state index contributed by atoms with van der Waals surface area (Å²) in [7, 11) is 0. The van der Waals surface area contributed by atoms with Crippen LogP contribution in [0.1, 0.15) is 52.4 Å². The van der Waals surface area contributed by atoms with Crippen molar-refractivity contribution in [3.8, 4) is 0 Å². The van der Waals surface area contributed by atoms with Gasteiger partial charge in [-0.25, -0.2) is 0 Å². The Balaban J connectivity index is 3.39. The van der Waals surface area contributed by atoms with Crippen LogP contribution in [0.25, 0.3) is 0 Å². The molecule has 80 valence electrons. The van der Waals surface area contributed by atoms with Crippen LogP contribution in [0.5, 0.6) is 0 Å². The maximum Gasteiger partial charge on any atom is 0.226 e. The van der Waals surface area contributed by atoms with E-state index >= 15 is 0 Å². The average molecular weight is 286 g/mol. The Morgan fingerprint density at radius 2 is 1.46 bits per heavy atom. The highest BCUT2D eigenvalue weighted by molar-refractivity contribution is 9.27. The molecular weight excluding hydrogens is 264 g/mol. The number of rotatable bonds is 8. The van der Waals surface area contributed by atoms with Crippen molar-refractivity contribution in [2.24, 2.45) is 0 Å². The molecule has 0 aliphatic heterocycles. The lowest BCUT2D eigenvalue weighted by Gasteiger charge is -2.16. The predicted molar refractivity (Wildman–Crippen MR) is 69.2 cm³/mol. The molecule has 0 saturated heterocycles. The number of hydrogen-bond donors (Lipinski definition) is 0. The third kappa shape index (κ3) is 9.29. The van der Waals surface area contributed by atoms with Crippen LogP contribution in [-0.2, 0) is 0 Å². The van der Waals surface area contributed by atoms with Gasteiger partial charge in [0.05, 0.1) is 0 Å². The van der Waals surface area contributed by atoms with E-state index in [1.165, 1.54) is 50.6 Å². The van der Waals surface area contributed by atoms with Crippen molar-refractivity contribution in [1.82, 2.24) is 0 Å². The Kier molecular flexibility index (Phi) is 8.94. The zero-order valence-corrected chi connectivity index (χ0v) is 12.3. The predicted octanol–water partition coefficient (Wildman–Crippen LogP) is 5.44. The second kappa shape index (κ2) is 8.31. The molecule has 0 rings (SSSR count). The molecule has 13 heavy (non-hydrogen) atoms. The van der Waals surface area contributed by atoms with Crippen molar-refractivity contribution < 1.29 is 0 Å². The van der Waals surface area contributed by atoms with Crippen LogP contribution >= 0.6 is 26.4 Å². The van der Waals surface area contributed by atoms with E-state index in [2.05, 4.69) is 29.1 Å². The van der Waals surface area contributed by atoms with Gasteiger partial charge in [-0.2, -0.15) is 11.1 Å². The molecule has 0 aliphatic carbocycles. The maximum atomic E-state index is 6.45. The highest BCUT2D eigenvalue weighted by Crippen LogP contribution is 2.31. The molecular formula is C10H22BrClSi. The van der Waals surface area contributed by atoms with Gasteiger partial charge in [0.1, 0.15) is 0 Å². The summed E-state index contributed by atoms with van der Waals surface area (Å²) in [5, 5.41) is 0. The smallest absolute Gasteiger partial charge is 0.152 e. The van der Waals surface area contributed by atoms with Crippen LogP contribution < -0.4 is 0 Å². The van der Waals surface area contributed by atoms with Crippen LogP contribution in [0.4, 0.5) is 0 Å². The Bertz CT molecular complexity index is 117. The Morgan fingerprint density at radius 3 is 2.00 bits per heavy atom. The second-order valence-electron chi connectivity index (χ2n) is 3.77. The van der Waals surface area contributed by atoms with Gasteiger partial charge >= 0.3 is 0 Å². The minimum atomic E-state index is -1.49. The molecule has 0 aromatic carbocycles. The lowest BCUT2D eigenvalue weighted by molar-refractivity contribution is 0.698. The Morgan fingerprint density at radius 1 is 0.923 bits per heavy atom. The Hall–Kier alpha value is 0.987. The van der Waals surface area contributed by atoms with Gasteiger partial charge in [0.2, 0.25) is 6.00 Å². The SMILES string of the molecule is CCCCCC[Si](Cl)(Br)CCCC. The molecule has 0 saturated carbocycles. The molecule has 0 aromatic rings. The molecule has 1 atom stereocenters. The first-order chi connectivity index (χ1) is 6.12. The molecule has 0 aliphatic rings. The summed E-state index contributed by atoms with van der Waals surface area (Å²) in [6.45, 7) is 4.47. The van der Waals surface area contributed by atoms with E-state index in [4.69, 9.17) is 11.1 Å². The van der Waals surface area contributed by atoms with Gasteiger partial charge in [0.25, 0.3) is 0 Å². The summed E-state index contributed by atoms with van der Waals surface area (Å²) in [5.41, 5.74) is 0. The highest BCUT2D eigenvalue weighted by atomic mass is 79.9. The van der Waals surface area contributed by atoms with Crippen LogP contribution in [0.3, 0.4) is 0 Å². The lowest BCUT2D eigenvalue weighted by atomic mass is 10.2. The van der Waals surface area contributed by atoms with Crippen molar-refractivity contribution in [3.05, 3.63) is 0 Å². The second-order valence-corrected chi connectivity index (χ2v) is 14.6. The molecule has 0 fully saturated rings. The molecule has 0 aromatic heterocycles. The number of unbranched alkanes of at least 4 members (excludes halogenated alkanes) is 4. The molecule has 0 N–H and O–H groups in total. The van der Waals surface area contributed by atoms with Gasteiger partial charge in [-0.3, -0.25) is 0 Å². The van der Waals surface area contributed by atoms with Gasteiger partial charge in [-0.05, 0) is 12.1 Å². The standard InChI is InChI=1S/C10H22BrClSi/c1-3-5-7-8-10-13(11,12)9-6-4-2/h3-10H2,1-2H3. The lowest BCUT2D eigenvalue weighted by Crippen LogP contribution is -2.17. The van der Waals surface area contributed by atoms with Gasteiger partial charge in [-0.1, -0.05) is 52.4 Å². The first kappa shape index (κ1) is 14.0. The van der Waals surface area contributed by atoms with Gasteiger partial charge in [0.15, 0.2) is 0 Å². The first-order valence-electron chi connectivity index (χ1n) is 5.50. The van der Waals surface area contributed by atoms with Crippen LogP contribution in [0, 0.1) is 0 Å². The van der Waals surface area contributed by atoms with Gasteiger partial charge in [0, 0.05) is 0 Å². The Labute approximate surface area is 96.7 Å². The minimum Gasteiger partial charge on any atom is -0.152 e. The summed E-state index contributed by atoms with van der Waals surface area (Å²) in [5.74, 6) is 0. The van der Waals surface area contributed by atoms with Gasteiger partial charge < -0.3 is 0 Å². The van der Waals surface area contributed by atoms with Crippen molar-refractivity contribution in [2.75, 3.05) is 0 Å². The first-order valence-corrected chi connectivity index (χ1v) is 11.2. The molecule has 0 radical (unpaired) electrons. The summed E-state index contributed by atoms with van der Waals surface area (Å²) in [4.78, 5) is 0. The zero-order chi connectivity index (χ0) is 10.2. The third-order valence-corrected chi connectivity index (χ3v) is 7.98. The van der Waals surface area contributed by atoms with Crippen LogP contribution in [0.15, 0.2) is 0 Å². The van der Waals surface area contributed by atoms with Crippen molar-refractivity contribution in [1.29, 1.82) is 0 Å². The molecule has 0 spiro atoms. The fourth-order valence-electron chi connectivity index (χ4n) is 1.37. The summed E-state index contributed by atoms with van der Waals surface area (Å²) >= 11 is 10.2. The zero-order valence-electron chi connectivity index (χ0n) is 8.91. The van der Waals surface area contributed by atoms with Crippen molar-refractivity contribution in [2.45, 2.75) is 64.5 Å². The van der Waals surface area contributed by atoms with E-state index in [1.807, 2.05) is 0 Å². The van der Waals surface area contributed by atoms with E-state index < -0.39 is 6.00 Å². The molecule has 0 bridgehead atoms. The minimum absolute atomic E-state index is 1.23. The van der Waals surface area contributed by atoms with E-state index in [0.29, 0.717) is 0 Å². The third-order valence-electron chi connectivity index (χ3n) is 2.29. The normalized spacial score (nSPS) is 15.7. The maximum absolute atomic E-state index is 6.45.